The summed E-state index contributed by atoms with van der Waals surface area (Å²) < 4.78 is 7.21. The monoisotopic (exact) mass is 322 g/mol. The summed E-state index contributed by atoms with van der Waals surface area (Å²) >= 11 is 0. The molecule has 0 saturated heterocycles. The highest BCUT2D eigenvalue weighted by Gasteiger charge is 2.32. The molecule has 0 spiro atoms. The van der Waals surface area contributed by atoms with Gasteiger partial charge in [-0.2, -0.15) is 0 Å². The third kappa shape index (κ3) is 2.31. The van der Waals surface area contributed by atoms with Gasteiger partial charge < -0.3 is 9.73 Å². The number of carbonyl (C=O) groups is 1. The molecule has 1 amide bonds. The number of hydrogen-bond donors (Lipinski definition) is 1. The van der Waals surface area contributed by atoms with Gasteiger partial charge in [0.05, 0.1) is 6.26 Å². The van der Waals surface area contributed by atoms with Gasteiger partial charge in [0.15, 0.2) is 11.5 Å². The molecular weight excluding hydrogens is 304 g/mol. The lowest BCUT2D eigenvalue weighted by atomic mass is 9.87. The Hall–Kier alpha value is -2.89. The van der Waals surface area contributed by atoms with Crippen molar-refractivity contribution in [3.05, 3.63) is 52.7 Å². The summed E-state index contributed by atoms with van der Waals surface area (Å²) in [6.07, 6.45) is 3.99. The maximum Gasteiger partial charge on any atom is 0.226 e. The Morgan fingerprint density at radius 2 is 2.29 bits per heavy atom. The van der Waals surface area contributed by atoms with Crippen molar-refractivity contribution >= 4 is 23.4 Å². The molecule has 24 heavy (non-hydrogen) atoms. The van der Waals surface area contributed by atoms with Crippen LogP contribution in [-0.4, -0.2) is 20.5 Å². The summed E-state index contributed by atoms with van der Waals surface area (Å²) in [5.74, 6) is 1.28. The molecule has 0 radical (unpaired) electrons. The number of fused-ring (bicyclic) bond motifs is 3. The molecule has 1 aliphatic rings. The van der Waals surface area contributed by atoms with Crippen LogP contribution in [0.1, 0.15) is 42.0 Å². The predicted octanol–water partition coefficient (Wildman–Crippen LogP) is 3.47. The smallest absolute Gasteiger partial charge is 0.226 e. The molecule has 1 aliphatic heterocycles. The van der Waals surface area contributed by atoms with Crippen molar-refractivity contribution in [2.45, 2.75) is 33.1 Å². The van der Waals surface area contributed by atoms with E-state index in [9.17, 15) is 4.79 Å². The minimum Gasteiger partial charge on any atom is -0.465 e. The van der Waals surface area contributed by atoms with Crippen molar-refractivity contribution < 1.29 is 9.21 Å². The molecule has 0 fully saturated rings. The minimum absolute atomic E-state index is 0.0301. The number of amides is 1. The van der Waals surface area contributed by atoms with E-state index >= 15 is 0 Å². The number of carbonyl (C=O) groups excluding carboxylic acids is 1. The van der Waals surface area contributed by atoms with Crippen LogP contribution in [0.3, 0.4) is 0 Å². The first-order chi connectivity index (χ1) is 11.5. The molecule has 1 atom stereocenters. The zero-order valence-electron chi connectivity index (χ0n) is 13.8. The molecule has 4 heterocycles. The zero-order chi connectivity index (χ0) is 16.8. The van der Waals surface area contributed by atoms with Gasteiger partial charge in [-0.3, -0.25) is 4.79 Å². The van der Waals surface area contributed by atoms with Gasteiger partial charge in [0.2, 0.25) is 5.91 Å². The summed E-state index contributed by atoms with van der Waals surface area (Å²) in [7, 11) is 0. The molecule has 0 saturated carbocycles. The molecule has 0 aromatic carbocycles. The molecule has 1 unspecified atom stereocenters. The van der Waals surface area contributed by atoms with E-state index in [-0.39, 0.29) is 11.8 Å². The molecule has 6 nitrogen and oxygen atoms in total. The third-order valence-electron chi connectivity index (χ3n) is 4.39. The summed E-state index contributed by atoms with van der Waals surface area (Å²) in [6.45, 7) is 5.97. The lowest BCUT2D eigenvalue weighted by Gasteiger charge is -2.22. The number of allylic oxidation sites excluding steroid dienone is 1. The predicted molar refractivity (Wildman–Crippen MR) is 90.8 cm³/mol. The maximum atomic E-state index is 12.1. The second-order valence-electron chi connectivity index (χ2n) is 6.25. The molecular formula is C18H18N4O2. The van der Waals surface area contributed by atoms with Crippen molar-refractivity contribution in [3.8, 4) is 0 Å². The van der Waals surface area contributed by atoms with Crippen molar-refractivity contribution in [3.63, 3.8) is 0 Å². The topological polar surface area (TPSA) is 72.4 Å². The first-order valence-corrected chi connectivity index (χ1v) is 7.91. The van der Waals surface area contributed by atoms with Crippen LogP contribution in [0.4, 0.5) is 5.82 Å². The summed E-state index contributed by atoms with van der Waals surface area (Å²) in [6, 6.07) is 5.73. The van der Waals surface area contributed by atoms with E-state index in [1.165, 1.54) is 0 Å². The van der Waals surface area contributed by atoms with Gasteiger partial charge in [-0.15, -0.1) is 5.10 Å². The highest BCUT2D eigenvalue weighted by Crippen LogP contribution is 2.39. The van der Waals surface area contributed by atoms with E-state index in [4.69, 9.17) is 4.42 Å². The fourth-order valence-electron chi connectivity index (χ4n) is 3.31. The number of aryl methyl sites for hydroxylation is 2. The number of nitrogens with one attached hydrogen (secondary N) is 1. The van der Waals surface area contributed by atoms with Crippen LogP contribution in [0.2, 0.25) is 0 Å². The second-order valence-corrected chi connectivity index (χ2v) is 6.25. The number of nitrogens with zero attached hydrogens (tertiary/aromatic N) is 3. The Morgan fingerprint density at radius 3 is 3.04 bits per heavy atom. The molecule has 6 heteroatoms. The minimum atomic E-state index is -0.0648. The lowest BCUT2D eigenvalue weighted by molar-refractivity contribution is -0.116. The molecule has 3 aromatic heterocycles. The van der Waals surface area contributed by atoms with Crippen molar-refractivity contribution in [1.29, 1.82) is 0 Å². The molecule has 0 aliphatic carbocycles. The quantitative estimate of drug-likeness (QED) is 0.784. The number of aromatic nitrogens is 3. The largest absolute Gasteiger partial charge is 0.465 e. The van der Waals surface area contributed by atoms with Crippen LogP contribution in [0, 0.1) is 13.8 Å². The summed E-state index contributed by atoms with van der Waals surface area (Å²) in [4.78, 5) is 16.8. The van der Waals surface area contributed by atoms with E-state index < -0.39 is 0 Å². The highest BCUT2D eigenvalue weighted by molar-refractivity contribution is 5.96. The maximum absolute atomic E-state index is 12.1. The van der Waals surface area contributed by atoms with E-state index in [1.54, 1.807) is 10.8 Å². The lowest BCUT2D eigenvalue weighted by Crippen LogP contribution is -2.23. The summed E-state index contributed by atoms with van der Waals surface area (Å²) in [5.41, 5.74) is 4.76. The van der Waals surface area contributed by atoms with E-state index in [0.717, 1.165) is 33.9 Å². The summed E-state index contributed by atoms with van der Waals surface area (Å²) in [5, 5.41) is 7.42. The van der Waals surface area contributed by atoms with E-state index in [1.807, 2.05) is 45.0 Å². The van der Waals surface area contributed by atoms with Gasteiger partial charge in [-0.25, -0.2) is 9.50 Å². The normalized spacial score (nSPS) is 17.9. The molecule has 4 rings (SSSR count). The molecule has 122 valence electrons. The SMILES string of the molecule is CC(=Cc1ccco1)C1CC(=O)Nc2nn3c(C)cc(C)nc3c21. The number of hydrogen-bond acceptors (Lipinski definition) is 4. The average molecular weight is 322 g/mol. The van der Waals surface area contributed by atoms with E-state index in [0.29, 0.717) is 12.2 Å². The number of rotatable bonds is 2. The van der Waals surface area contributed by atoms with Crippen molar-refractivity contribution in [2.24, 2.45) is 0 Å². The Bertz CT molecular complexity index is 967. The third-order valence-corrected chi connectivity index (χ3v) is 4.39. The zero-order valence-corrected chi connectivity index (χ0v) is 13.8. The van der Waals surface area contributed by atoms with Gasteiger partial charge >= 0.3 is 0 Å². The van der Waals surface area contributed by atoms with Crippen LogP contribution >= 0.6 is 0 Å². The van der Waals surface area contributed by atoms with Gasteiger partial charge in [0, 0.05) is 29.3 Å². The first kappa shape index (κ1) is 14.7. The molecule has 0 bridgehead atoms. The van der Waals surface area contributed by atoms with Crippen LogP contribution in [0.5, 0.6) is 0 Å². The van der Waals surface area contributed by atoms with E-state index in [2.05, 4.69) is 15.4 Å². The standard InChI is InChI=1S/C18H18N4O2/c1-10(7-13-5-4-6-24-13)14-9-15(23)20-17-16(14)18-19-11(2)8-12(3)22(18)21-17/h4-8,14H,9H2,1-3H3,(H,20,21,23). The Kier molecular flexibility index (Phi) is 3.26. The van der Waals surface area contributed by atoms with Gasteiger partial charge in [-0.05, 0) is 45.0 Å². The van der Waals surface area contributed by atoms with Crippen LogP contribution in [0.15, 0.2) is 34.5 Å². The fourth-order valence-corrected chi connectivity index (χ4v) is 3.31. The van der Waals surface area contributed by atoms with Crippen molar-refractivity contribution in [2.75, 3.05) is 5.32 Å². The Morgan fingerprint density at radius 1 is 1.46 bits per heavy atom. The Balaban J connectivity index is 1.91. The number of furan rings is 1. The molecule has 1 N–H and O–H groups in total. The average Bonchev–Trinajstić information content (AvgIpc) is 3.14. The highest BCUT2D eigenvalue weighted by atomic mass is 16.3. The molecule has 3 aromatic rings. The second kappa shape index (κ2) is 5.33. The van der Waals surface area contributed by atoms with Crippen LogP contribution in [0.25, 0.3) is 11.7 Å². The van der Waals surface area contributed by atoms with Crippen LogP contribution < -0.4 is 5.32 Å². The fraction of sp³-hybridized carbons (Fsp3) is 0.278. The van der Waals surface area contributed by atoms with Gasteiger partial charge in [0.1, 0.15) is 5.76 Å². The van der Waals surface area contributed by atoms with Crippen LogP contribution in [-0.2, 0) is 4.79 Å². The first-order valence-electron chi connectivity index (χ1n) is 7.91. The van der Waals surface area contributed by atoms with Gasteiger partial charge in [0.25, 0.3) is 0 Å². The Labute approximate surface area is 139 Å². The number of anilines is 1. The van der Waals surface area contributed by atoms with Crippen molar-refractivity contribution in [1.82, 2.24) is 14.6 Å². The van der Waals surface area contributed by atoms with Gasteiger partial charge in [-0.1, -0.05) is 5.57 Å².